The number of amides is 1. The SMILES string of the molecule is Cc1nc2cc(C(=O)Nc3cc(-c4cccs4)ccc3N)ccc2n1CCOC(=O)CC(C)C. The van der Waals surface area contributed by atoms with E-state index in [9.17, 15) is 9.59 Å². The number of imidazole rings is 1. The Hall–Kier alpha value is -3.65. The Kier molecular flexibility index (Phi) is 6.98. The molecule has 2 aromatic carbocycles. The first-order chi connectivity index (χ1) is 16.3. The summed E-state index contributed by atoms with van der Waals surface area (Å²) in [6.45, 7) is 6.64. The number of carbonyl (C=O) groups is 2. The second-order valence-corrected chi connectivity index (χ2v) is 9.51. The lowest BCUT2D eigenvalue weighted by atomic mass is 10.1. The molecule has 0 aliphatic rings. The number of anilines is 2. The largest absolute Gasteiger partial charge is 0.464 e. The van der Waals surface area contributed by atoms with Gasteiger partial charge in [0.25, 0.3) is 5.91 Å². The number of aryl methyl sites for hydroxylation is 1. The standard InChI is InChI=1S/C26H28N4O3S/c1-16(2)13-25(31)33-11-10-30-17(3)28-22-15-19(7-9-23(22)30)26(32)29-21-14-18(6-8-20(21)27)24-5-4-12-34-24/h4-9,12,14-16H,10-11,13,27H2,1-3H3,(H,29,32). The highest BCUT2D eigenvalue weighted by Gasteiger charge is 2.14. The van der Waals surface area contributed by atoms with E-state index in [0.29, 0.717) is 35.4 Å². The maximum Gasteiger partial charge on any atom is 0.306 e. The third-order valence-corrected chi connectivity index (χ3v) is 6.38. The van der Waals surface area contributed by atoms with Crippen LogP contribution in [0, 0.1) is 12.8 Å². The van der Waals surface area contributed by atoms with E-state index in [0.717, 1.165) is 21.8 Å². The average molecular weight is 477 g/mol. The van der Waals surface area contributed by atoms with Crippen LogP contribution < -0.4 is 11.1 Å². The van der Waals surface area contributed by atoms with Crippen LogP contribution in [0.3, 0.4) is 0 Å². The number of carbonyl (C=O) groups excluding carboxylic acids is 2. The Morgan fingerprint density at radius 2 is 2.00 bits per heavy atom. The van der Waals surface area contributed by atoms with Crippen LogP contribution in [-0.4, -0.2) is 28.0 Å². The van der Waals surface area contributed by atoms with Gasteiger partial charge in [0.2, 0.25) is 0 Å². The minimum Gasteiger partial charge on any atom is -0.464 e. The second-order valence-electron chi connectivity index (χ2n) is 8.57. The maximum atomic E-state index is 13.0. The molecular weight excluding hydrogens is 448 g/mol. The number of nitrogens with two attached hydrogens (primary N) is 1. The molecule has 34 heavy (non-hydrogen) atoms. The molecule has 7 nitrogen and oxygen atoms in total. The Morgan fingerprint density at radius 3 is 2.74 bits per heavy atom. The summed E-state index contributed by atoms with van der Waals surface area (Å²) in [6.07, 6.45) is 0.406. The van der Waals surface area contributed by atoms with Crippen molar-refractivity contribution in [3.8, 4) is 10.4 Å². The van der Waals surface area contributed by atoms with Crippen molar-refractivity contribution in [1.29, 1.82) is 0 Å². The van der Waals surface area contributed by atoms with E-state index >= 15 is 0 Å². The van der Waals surface area contributed by atoms with Crippen molar-refractivity contribution in [3.05, 3.63) is 65.3 Å². The highest BCUT2D eigenvalue weighted by Crippen LogP contribution is 2.30. The molecule has 8 heteroatoms. The highest BCUT2D eigenvalue weighted by molar-refractivity contribution is 7.13. The van der Waals surface area contributed by atoms with Crippen molar-refractivity contribution in [2.24, 2.45) is 5.92 Å². The molecule has 0 radical (unpaired) electrons. The number of hydrogen-bond acceptors (Lipinski definition) is 6. The molecule has 0 bridgehead atoms. The Morgan fingerprint density at radius 1 is 1.18 bits per heavy atom. The van der Waals surface area contributed by atoms with Crippen LogP contribution in [0.4, 0.5) is 11.4 Å². The second kappa shape index (κ2) is 10.1. The lowest BCUT2D eigenvalue weighted by Gasteiger charge is -2.11. The Balaban J connectivity index is 1.48. The van der Waals surface area contributed by atoms with Gasteiger partial charge in [-0.25, -0.2) is 4.98 Å². The quantitative estimate of drug-likeness (QED) is 0.258. The van der Waals surface area contributed by atoms with E-state index in [2.05, 4.69) is 10.3 Å². The molecule has 4 rings (SSSR count). The molecule has 2 aromatic heterocycles. The van der Waals surface area contributed by atoms with Crippen molar-refractivity contribution in [2.75, 3.05) is 17.7 Å². The molecule has 4 aromatic rings. The van der Waals surface area contributed by atoms with Gasteiger partial charge in [-0.2, -0.15) is 0 Å². The minimum atomic E-state index is -0.258. The number of aromatic nitrogens is 2. The van der Waals surface area contributed by atoms with Crippen molar-refractivity contribution in [3.63, 3.8) is 0 Å². The fraction of sp³-hybridized carbons (Fsp3) is 0.269. The third kappa shape index (κ3) is 5.28. The first-order valence-electron chi connectivity index (χ1n) is 11.2. The van der Waals surface area contributed by atoms with Crippen LogP contribution in [0.25, 0.3) is 21.5 Å². The lowest BCUT2D eigenvalue weighted by Crippen LogP contribution is -2.14. The topological polar surface area (TPSA) is 99.2 Å². The summed E-state index contributed by atoms with van der Waals surface area (Å²) >= 11 is 1.63. The van der Waals surface area contributed by atoms with Crippen molar-refractivity contribution in [1.82, 2.24) is 9.55 Å². The van der Waals surface area contributed by atoms with E-state index in [1.54, 1.807) is 29.5 Å². The number of rotatable bonds is 8. The number of thiophene rings is 1. The van der Waals surface area contributed by atoms with E-state index in [1.165, 1.54) is 0 Å². The van der Waals surface area contributed by atoms with Gasteiger partial charge < -0.3 is 20.4 Å². The van der Waals surface area contributed by atoms with E-state index in [4.69, 9.17) is 10.5 Å². The zero-order valence-corrected chi connectivity index (χ0v) is 20.3. The number of fused-ring (bicyclic) bond motifs is 1. The number of benzene rings is 2. The summed E-state index contributed by atoms with van der Waals surface area (Å²) < 4.78 is 7.33. The fourth-order valence-electron chi connectivity index (χ4n) is 3.77. The van der Waals surface area contributed by atoms with E-state index in [1.807, 2.05) is 61.1 Å². The summed E-state index contributed by atoms with van der Waals surface area (Å²) in [4.78, 5) is 30.5. The predicted octanol–water partition coefficient (Wildman–Crippen LogP) is 5.50. The van der Waals surface area contributed by atoms with Gasteiger partial charge in [-0.3, -0.25) is 9.59 Å². The number of nitrogens with zero attached hydrogens (tertiary/aromatic N) is 2. The lowest BCUT2D eigenvalue weighted by molar-refractivity contribution is -0.144. The van der Waals surface area contributed by atoms with Gasteiger partial charge in [0.1, 0.15) is 12.4 Å². The van der Waals surface area contributed by atoms with E-state index < -0.39 is 0 Å². The molecule has 0 atom stereocenters. The highest BCUT2D eigenvalue weighted by atomic mass is 32.1. The first kappa shape index (κ1) is 23.5. The van der Waals surface area contributed by atoms with Crippen LogP contribution in [0.2, 0.25) is 0 Å². The molecule has 0 saturated heterocycles. The number of nitrogens with one attached hydrogen (secondary N) is 1. The maximum absolute atomic E-state index is 13.0. The third-order valence-electron chi connectivity index (χ3n) is 5.46. The summed E-state index contributed by atoms with van der Waals surface area (Å²) in [5, 5.41) is 4.94. The molecule has 0 saturated carbocycles. The Labute approximate surface area is 202 Å². The van der Waals surface area contributed by atoms with Crippen LogP contribution >= 0.6 is 11.3 Å². The molecule has 0 aliphatic carbocycles. The van der Waals surface area contributed by atoms with Gasteiger partial charge in [-0.15, -0.1) is 11.3 Å². The molecule has 0 aliphatic heterocycles. The number of ether oxygens (including phenoxy) is 1. The van der Waals surface area contributed by atoms with Crippen molar-refractivity contribution in [2.45, 2.75) is 33.7 Å². The Bertz CT molecular complexity index is 1330. The summed E-state index contributed by atoms with van der Waals surface area (Å²) in [5.74, 6) is 0.604. The molecule has 0 unspecified atom stereocenters. The van der Waals surface area contributed by atoms with Gasteiger partial charge in [0, 0.05) is 16.9 Å². The normalized spacial score (nSPS) is 11.2. The molecule has 1 amide bonds. The first-order valence-corrected chi connectivity index (χ1v) is 12.1. The molecule has 176 valence electrons. The van der Waals surface area contributed by atoms with Crippen LogP contribution in [0.5, 0.6) is 0 Å². The zero-order chi connectivity index (χ0) is 24.2. The predicted molar refractivity (Wildman–Crippen MR) is 137 cm³/mol. The van der Waals surface area contributed by atoms with Crippen molar-refractivity contribution < 1.29 is 14.3 Å². The van der Waals surface area contributed by atoms with Gasteiger partial charge in [0.05, 0.1) is 29.0 Å². The fourth-order valence-corrected chi connectivity index (χ4v) is 4.50. The van der Waals surface area contributed by atoms with Crippen LogP contribution in [0.15, 0.2) is 53.9 Å². The molecule has 0 fully saturated rings. The summed E-state index contributed by atoms with van der Waals surface area (Å²) in [5.41, 5.74) is 10.3. The smallest absolute Gasteiger partial charge is 0.306 e. The van der Waals surface area contributed by atoms with Gasteiger partial charge in [-0.1, -0.05) is 26.0 Å². The molecule has 0 spiro atoms. The van der Waals surface area contributed by atoms with Crippen LogP contribution in [0.1, 0.15) is 36.5 Å². The van der Waals surface area contributed by atoms with Gasteiger partial charge >= 0.3 is 5.97 Å². The van der Waals surface area contributed by atoms with Gasteiger partial charge in [-0.05, 0) is 60.2 Å². The van der Waals surface area contributed by atoms with Gasteiger partial charge in [0.15, 0.2) is 0 Å². The molecule has 3 N–H and O–H groups in total. The minimum absolute atomic E-state index is 0.196. The summed E-state index contributed by atoms with van der Waals surface area (Å²) in [6, 6.07) is 15.0. The molecular formula is C26H28N4O3S. The number of hydrogen-bond donors (Lipinski definition) is 2. The molecule has 2 heterocycles. The number of nitrogen functional groups attached to an aromatic ring is 1. The average Bonchev–Trinajstić information content (AvgIpc) is 3.42. The summed E-state index contributed by atoms with van der Waals surface area (Å²) in [7, 11) is 0. The monoisotopic (exact) mass is 476 g/mol. The van der Waals surface area contributed by atoms with Crippen LogP contribution in [-0.2, 0) is 16.1 Å². The van der Waals surface area contributed by atoms with E-state index in [-0.39, 0.29) is 24.4 Å². The zero-order valence-electron chi connectivity index (χ0n) is 19.5. The number of esters is 1. The van der Waals surface area contributed by atoms with Crippen molar-refractivity contribution >= 4 is 45.6 Å².